The van der Waals surface area contributed by atoms with Gasteiger partial charge in [-0.05, 0) is 23.3 Å². The molecule has 3 aromatic rings. The van der Waals surface area contributed by atoms with Gasteiger partial charge in [-0.3, -0.25) is 4.98 Å². The van der Waals surface area contributed by atoms with Crippen LogP contribution in [-0.2, 0) is 23.1 Å². The van der Waals surface area contributed by atoms with Crippen LogP contribution in [-0.4, -0.2) is 13.4 Å². The van der Waals surface area contributed by atoms with Gasteiger partial charge >= 0.3 is 0 Å². The van der Waals surface area contributed by atoms with Crippen LogP contribution in [0.4, 0.5) is 0 Å². The van der Waals surface area contributed by atoms with Crippen molar-refractivity contribution < 1.29 is 8.42 Å². The summed E-state index contributed by atoms with van der Waals surface area (Å²) in [6.07, 6.45) is 3.24. The zero-order valence-corrected chi connectivity index (χ0v) is 13.3. The van der Waals surface area contributed by atoms with Crippen molar-refractivity contribution in [3.8, 4) is 0 Å². The molecule has 0 spiro atoms. The van der Waals surface area contributed by atoms with Crippen LogP contribution < -0.4 is 10.5 Å². The van der Waals surface area contributed by atoms with E-state index >= 15 is 0 Å². The molecule has 1 aromatic heterocycles. The average Bonchev–Trinajstić information content (AvgIpc) is 2.60. The highest BCUT2D eigenvalue weighted by Crippen LogP contribution is 2.22. The fourth-order valence-corrected chi connectivity index (χ4v) is 3.62. The van der Waals surface area contributed by atoms with Gasteiger partial charge in [-0.25, -0.2) is 13.1 Å². The van der Waals surface area contributed by atoms with Gasteiger partial charge in [0.05, 0.1) is 4.90 Å². The summed E-state index contributed by atoms with van der Waals surface area (Å²) in [5.41, 5.74) is 7.45. The summed E-state index contributed by atoms with van der Waals surface area (Å²) in [5.74, 6) is 0. The Kier molecular flexibility index (Phi) is 4.38. The quantitative estimate of drug-likeness (QED) is 0.752. The van der Waals surface area contributed by atoms with Gasteiger partial charge < -0.3 is 5.73 Å². The number of sulfonamides is 1. The van der Waals surface area contributed by atoms with Crippen molar-refractivity contribution in [1.29, 1.82) is 0 Å². The molecular weight excluding hydrogens is 310 g/mol. The van der Waals surface area contributed by atoms with Crippen LogP contribution in [0.1, 0.15) is 11.1 Å². The van der Waals surface area contributed by atoms with E-state index in [9.17, 15) is 8.42 Å². The predicted molar refractivity (Wildman–Crippen MR) is 90.1 cm³/mol. The summed E-state index contributed by atoms with van der Waals surface area (Å²) in [4.78, 5) is 4.28. The Morgan fingerprint density at radius 1 is 1.00 bits per heavy atom. The van der Waals surface area contributed by atoms with Crippen LogP contribution in [0.15, 0.2) is 65.8 Å². The minimum absolute atomic E-state index is 0.231. The molecule has 0 amide bonds. The maximum Gasteiger partial charge on any atom is 0.241 e. The van der Waals surface area contributed by atoms with Crippen LogP contribution in [0.2, 0.25) is 0 Å². The standard InChI is InChI=1S/C17H17N3O2S/c18-10-13-4-6-14(7-5-13)11-20-23(21,22)17-3-1-2-15-12-19-9-8-16(15)17/h1-9,12,20H,10-11,18H2. The Bertz CT molecular complexity index is 917. The molecule has 1 heterocycles. The fourth-order valence-electron chi connectivity index (χ4n) is 2.38. The third-order valence-corrected chi connectivity index (χ3v) is 5.11. The first-order chi connectivity index (χ1) is 11.1. The molecule has 0 aliphatic carbocycles. The molecule has 0 bridgehead atoms. The molecule has 118 valence electrons. The van der Waals surface area contributed by atoms with Gasteiger partial charge in [0.2, 0.25) is 10.0 Å². The maximum atomic E-state index is 12.6. The fraction of sp³-hybridized carbons (Fsp3) is 0.118. The number of hydrogen-bond acceptors (Lipinski definition) is 4. The van der Waals surface area contributed by atoms with E-state index in [0.717, 1.165) is 16.5 Å². The van der Waals surface area contributed by atoms with Crippen LogP contribution in [0.3, 0.4) is 0 Å². The molecule has 3 N–H and O–H groups in total. The summed E-state index contributed by atoms with van der Waals surface area (Å²) in [6, 6.07) is 14.4. The lowest BCUT2D eigenvalue weighted by Gasteiger charge is -2.10. The molecule has 5 nitrogen and oxygen atoms in total. The van der Waals surface area contributed by atoms with Crippen molar-refractivity contribution in [2.45, 2.75) is 18.0 Å². The summed E-state index contributed by atoms with van der Waals surface area (Å²) in [7, 11) is -3.60. The molecule has 0 atom stereocenters. The number of pyridine rings is 1. The highest BCUT2D eigenvalue weighted by Gasteiger charge is 2.16. The Hall–Kier alpha value is -2.28. The molecule has 0 saturated carbocycles. The Labute approximate surface area is 135 Å². The van der Waals surface area contributed by atoms with Gasteiger partial charge in [-0.15, -0.1) is 0 Å². The van der Waals surface area contributed by atoms with Gasteiger partial charge in [0.1, 0.15) is 0 Å². The zero-order chi connectivity index (χ0) is 16.3. The van der Waals surface area contributed by atoms with Crippen molar-refractivity contribution >= 4 is 20.8 Å². The monoisotopic (exact) mass is 327 g/mol. The van der Waals surface area contributed by atoms with Crippen molar-refractivity contribution in [1.82, 2.24) is 9.71 Å². The first kappa shape index (κ1) is 15.6. The molecule has 0 unspecified atom stereocenters. The topological polar surface area (TPSA) is 85.1 Å². The van der Waals surface area contributed by atoms with Gasteiger partial charge in [-0.1, -0.05) is 36.4 Å². The van der Waals surface area contributed by atoms with E-state index < -0.39 is 10.0 Å². The Morgan fingerprint density at radius 3 is 2.48 bits per heavy atom. The normalized spacial score (nSPS) is 11.7. The zero-order valence-electron chi connectivity index (χ0n) is 12.4. The van der Waals surface area contributed by atoms with Crippen LogP contribution in [0.25, 0.3) is 10.8 Å². The largest absolute Gasteiger partial charge is 0.326 e. The number of nitrogens with one attached hydrogen (secondary N) is 1. The SMILES string of the molecule is NCc1ccc(CNS(=O)(=O)c2cccc3cnccc23)cc1. The second kappa shape index (κ2) is 6.45. The number of hydrogen-bond donors (Lipinski definition) is 2. The predicted octanol–water partition coefficient (Wildman–Crippen LogP) is 2.17. The summed E-state index contributed by atoms with van der Waals surface area (Å²) >= 11 is 0. The van der Waals surface area contributed by atoms with E-state index in [1.165, 1.54) is 0 Å². The lowest BCUT2D eigenvalue weighted by Crippen LogP contribution is -2.23. The molecule has 0 aliphatic heterocycles. The van der Waals surface area contributed by atoms with E-state index in [2.05, 4.69) is 9.71 Å². The maximum absolute atomic E-state index is 12.6. The molecule has 0 fully saturated rings. The number of nitrogens with two attached hydrogens (primary N) is 1. The van der Waals surface area contributed by atoms with Crippen molar-refractivity contribution in [3.63, 3.8) is 0 Å². The van der Waals surface area contributed by atoms with Crippen LogP contribution >= 0.6 is 0 Å². The lowest BCUT2D eigenvalue weighted by molar-refractivity contribution is 0.582. The molecule has 0 saturated heterocycles. The molecular formula is C17H17N3O2S. The number of nitrogens with zero attached hydrogens (tertiary/aromatic N) is 1. The van der Waals surface area contributed by atoms with Gasteiger partial charge in [-0.2, -0.15) is 0 Å². The number of rotatable bonds is 5. The number of aromatic nitrogens is 1. The van der Waals surface area contributed by atoms with Crippen LogP contribution in [0, 0.1) is 0 Å². The summed E-state index contributed by atoms with van der Waals surface area (Å²) in [6.45, 7) is 0.699. The molecule has 2 aromatic carbocycles. The van der Waals surface area contributed by atoms with Crippen molar-refractivity contribution in [2.75, 3.05) is 0 Å². The second-order valence-corrected chi connectivity index (χ2v) is 6.93. The van der Waals surface area contributed by atoms with E-state index in [-0.39, 0.29) is 11.4 Å². The van der Waals surface area contributed by atoms with Gasteiger partial charge in [0.15, 0.2) is 0 Å². The van der Waals surface area contributed by atoms with Gasteiger partial charge in [0, 0.05) is 36.3 Å². The van der Waals surface area contributed by atoms with E-state index in [1.807, 2.05) is 30.3 Å². The third kappa shape index (κ3) is 3.39. The van der Waals surface area contributed by atoms with Gasteiger partial charge in [0.25, 0.3) is 0 Å². The van der Waals surface area contributed by atoms with E-state index in [1.54, 1.807) is 30.6 Å². The minimum Gasteiger partial charge on any atom is -0.326 e. The summed E-state index contributed by atoms with van der Waals surface area (Å²) in [5, 5.41) is 1.45. The Morgan fingerprint density at radius 2 is 1.74 bits per heavy atom. The third-order valence-electron chi connectivity index (χ3n) is 3.66. The highest BCUT2D eigenvalue weighted by molar-refractivity contribution is 7.89. The lowest BCUT2D eigenvalue weighted by atomic mass is 10.1. The second-order valence-electron chi connectivity index (χ2n) is 5.20. The molecule has 3 rings (SSSR count). The van der Waals surface area contributed by atoms with Crippen molar-refractivity contribution in [2.24, 2.45) is 5.73 Å². The molecule has 0 radical (unpaired) electrons. The van der Waals surface area contributed by atoms with E-state index in [4.69, 9.17) is 5.73 Å². The van der Waals surface area contributed by atoms with E-state index in [0.29, 0.717) is 11.9 Å². The average molecular weight is 327 g/mol. The molecule has 0 aliphatic rings. The minimum atomic E-state index is -3.60. The Balaban J connectivity index is 1.85. The smallest absolute Gasteiger partial charge is 0.241 e. The molecule has 23 heavy (non-hydrogen) atoms. The highest BCUT2D eigenvalue weighted by atomic mass is 32.2. The first-order valence-corrected chi connectivity index (χ1v) is 8.69. The summed E-state index contributed by atoms with van der Waals surface area (Å²) < 4.78 is 27.8. The van der Waals surface area contributed by atoms with Crippen molar-refractivity contribution in [3.05, 3.63) is 72.1 Å². The first-order valence-electron chi connectivity index (χ1n) is 7.20. The number of fused-ring (bicyclic) bond motifs is 1. The molecule has 6 heteroatoms. The number of benzene rings is 2. The van der Waals surface area contributed by atoms with Crippen LogP contribution in [0.5, 0.6) is 0 Å².